The number of ether oxygens (including phenoxy) is 1. The largest absolute Gasteiger partial charge is 0.381 e. The number of hydrogen-bond donors (Lipinski definition) is 3. The first-order valence-corrected chi connectivity index (χ1v) is 13.2. The molecule has 208 valence electrons. The molecule has 2 amide bonds. The number of nitrogens with two attached hydrogens (primary N) is 1. The van der Waals surface area contributed by atoms with Crippen LogP contribution in [0.3, 0.4) is 0 Å². The Balaban J connectivity index is 1.11. The van der Waals surface area contributed by atoms with E-state index >= 15 is 4.39 Å². The van der Waals surface area contributed by atoms with Crippen molar-refractivity contribution in [1.29, 1.82) is 0 Å². The smallest absolute Gasteiger partial charge is 0.263 e. The zero-order valence-electron chi connectivity index (χ0n) is 21.4. The molecular weight excluding hydrogens is 512 g/mol. The Morgan fingerprint density at radius 1 is 1.08 bits per heavy atom. The highest BCUT2D eigenvalue weighted by Crippen LogP contribution is 2.34. The van der Waals surface area contributed by atoms with Crippen LogP contribution in [0.25, 0.3) is 6.20 Å². The molecule has 6 heterocycles. The Hall–Kier alpha value is -3.78. The molecule has 3 fully saturated rings. The van der Waals surface area contributed by atoms with E-state index in [-0.39, 0.29) is 46.9 Å². The predicted octanol–water partition coefficient (Wildman–Crippen LogP) is 1.20. The van der Waals surface area contributed by atoms with E-state index in [1.165, 1.54) is 6.20 Å². The number of piperazine rings is 1. The molecule has 4 N–H and O–H groups in total. The lowest BCUT2D eigenvalue weighted by Crippen LogP contribution is -2.58. The van der Waals surface area contributed by atoms with E-state index < -0.39 is 17.6 Å². The van der Waals surface area contributed by atoms with Gasteiger partial charge in [0.2, 0.25) is 5.91 Å². The Kier molecular flexibility index (Phi) is 6.81. The van der Waals surface area contributed by atoms with Gasteiger partial charge in [0.15, 0.2) is 11.6 Å². The van der Waals surface area contributed by atoms with Crippen molar-refractivity contribution in [2.75, 3.05) is 80.3 Å². The molecule has 0 spiro atoms. The highest BCUT2D eigenvalue weighted by Gasteiger charge is 2.35. The molecule has 4 aliphatic heterocycles. The number of anilines is 4. The van der Waals surface area contributed by atoms with E-state index in [9.17, 15) is 14.0 Å². The number of nitrogens with zero attached hydrogens (tertiary/aromatic N) is 6. The zero-order chi connectivity index (χ0) is 27.1. The van der Waals surface area contributed by atoms with Crippen LogP contribution in [-0.4, -0.2) is 101 Å². The summed E-state index contributed by atoms with van der Waals surface area (Å²) in [5.74, 6) is -1.47. The number of carbonyl (C=O) groups is 2. The van der Waals surface area contributed by atoms with Crippen LogP contribution in [0.4, 0.5) is 31.8 Å². The molecule has 2 aromatic rings. The minimum Gasteiger partial charge on any atom is -0.381 e. The zero-order valence-corrected chi connectivity index (χ0v) is 21.4. The van der Waals surface area contributed by atoms with Gasteiger partial charge in [0, 0.05) is 45.2 Å². The summed E-state index contributed by atoms with van der Waals surface area (Å²) in [5.41, 5.74) is 6.36. The second-order valence-corrected chi connectivity index (χ2v) is 10.3. The minimum atomic E-state index is -0.622. The lowest BCUT2D eigenvalue weighted by atomic mass is 9.94. The van der Waals surface area contributed by atoms with Crippen molar-refractivity contribution in [3.05, 3.63) is 29.6 Å². The van der Waals surface area contributed by atoms with Gasteiger partial charge >= 0.3 is 0 Å². The average Bonchev–Trinajstić information content (AvgIpc) is 3.23. The molecule has 6 rings (SSSR count). The first-order chi connectivity index (χ1) is 18.9. The Morgan fingerprint density at radius 2 is 1.82 bits per heavy atom. The molecule has 0 radical (unpaired) electrons. The highest BCUT2D eigenvalue weighted by atomic mass is 19.1. The summed E-state index contributed by atoms with van der Waals surface area (Å²) in [6, 6.07) is 0.475. The van der Waals surface area contributed by atoms with Crippen LogP contribution in [0.2, 0.25) is 0 Å². The van der Waals surface area contributed by atoms with Gasteiger partial charge in [-0.3, -0.25) is 19.5 Å². The molecule has 0 unspecified atom stereocenters. The van der Waals surface area contributed by atoms with Crippen molar-refractivity contribution in [1.82, 2.24) is 24.6 Å². The van der Waals surface area contributed by atoms with Gasteiger partial charge in [0.25, 0.3) is 5.91 Å². The number of aromatic nitrogens is 3. The van der Waals surface area contributed by atoms with Crippen LogP contribution in [0.5, 0.6) is 0 Å². The van der Waals surface area contributed by atoms with Crippen LogP contribution in [-0.2, 0) is 9.53 Å². The average molecular weight is 544 g/mol. The molecule has 39 heavy (non-hydrogen) atoms. The molecule has 0 bridgehead atoms. The number of amides is 2. The SMILES string of the molecule is Nc1nn2c(c1C(=O)Nc1cncc(F)c1N1CCC(C(=O)N3CCN(C4COC4)CC3)CC1)NCC(F)=C2. The summed E-state index contributed by atoms with van der Waals surface area (Å²) in [4.78, 5) is 36.5. The van der Waals surface area contributed by atoms with Gasteiger partial charge in [-0.15, -0.1) is 5.10 Å². The van der Waals surface area contributed by atoms with Crippen molar-refractivity contribution >= 4 is 41.0 Å². The standard InChI is InChI=1S/C25H31F2N9O3/c26-16-9-30-23-20(22(28)32-36(23)12-16)24(37)31-19-11-29-10-18(27)21(19)34-3-1-15(2-4-34)25(38)35-7-5-33(6-8-35)17-13-39-14-17/h10-12,15,17,30H,1-9,13-14H2,(H2,28,32)(H,31,37). The lowest BCUT2D eigenvalue weighted by molar-refractivity contribution is -0.140. The van der Waals surface area contributed by atoms with E-state index in [0.717, 1.165) is 43.4 Å². The Bertz CT molecular complexity index is 1300. The van der Waals surface area contributed by atoms with Gasteiger partial charge in [0.05, 0.1) is 50.1 Å². The maximum Gasteiger partial charge on any atom is 0.263 e. The normalized spacial score (nSPS) is 20.6. The second-order valence-electron chi connectivity index (χ2n) is 10.3. The van der Waals surface area contributed by atoms with Crippen LogP contribution in [0, 0.1) is 11.7 Å². The van der Waals surface area contributed by atoms with Gasteiger partial charge in [-0.05, 0) is 12.8 Å². The fourth-order valence-corrected chi connectivity index (χ4v) is 5.66. The fraction of sp³-hybridized carbons (Fsp3) is 0.520. The van der Waals surface area contributed by atoms with Crippen LogP contribution < -0.4 is 21.3 Å². The summed E-state index contributed by atoms with van der Waals surface area (Å²) >= 11 is 0. The van der Waals surface area contributed by atoms with Gasteiger partial charge in [0.1, 0.15) is 22.9 Å². The predicted molar refractivity (Wildman–Crippen MR) is 140 cm³/mol. The molecular formula is C25H31F2N9O3. The number of fused-ring (bicyclic) bond motifs is 1. The van der Waals surface area contributed by atoms with E-state index in [1.54, 1.807) is 0 Å². The van der Waals surface area contributed by atoms with Gasteiger partial charge < -0.3 is 30.9 Å². The van der Waals surface area contributed by atoms with Crippen molar-refractivity contribution in [3.8, 4) is 0 Å². The summed E-state index contributed by atoms with van der Waals surface area (Å²) in [6.07, 6.45) is 4.77. The summed E-state index contributed by atoms with van der Waals surface area (Å²) in [6.45, 7) is 5.49. The third-order valence-electron chi connectivity index (χ3n) is 7.90. The molecule has 14 heteroatoms. The van der Waals surface area contributed by atoms with Crippen molar-refractivity contribution in [2.24, 2.45) is 5.92 Å². The van der Waals surface area contributed by atoms with E-state index in [4.69, 9.17) is 10.5 Å². The van der Waals surface area contributed by atoms with E-state index in [2.05, 4.69) is 25.6 Å². The maximum absolute atomic E-state index is 15.1. The molecule has 0 atom stereocenters. The van der Waals surface area contributed by atoms with Gasteiger partial charge in [-0.1, -0.05) is 0 Å². The van der Waals surface area contributed by atoms with Gasteiger partial charge in [-0.2, -0.15) is 0 Å². The molecule has 0 saturated carbocycles. The summed E-state index contributed by atoms with van der Waals surface area (Å²) in [7, 11) is 0. The van der Waals surface area contributed by atoms with Crippen LogP contribution >= 0.6 is 0 Å². The number of rotatable bonds is 5. The number of hydrogen-bond acceptors (Lipinski definition) is 9. The minimum absolute atomic E-state index is 0.0307. The van der Waals surface area contributed by atoms with Crippen molar-refractivity contribution < 1.29 is 23.1 Å². The monoisotopic (exact) mass is 543 g/mol. The van der Waals surface area contributed by atoms with Gasteiger partial charge in [-0.25, -0.2) is 13.5 Å². The number of piperidine rings is 1. The number of nitrogens with one attached hydrogen (secondary N) is 2. The van der Waals surface area contributed by atoms with E-state index in [0.29, 0.717) is 45.1 Å². The number of nitrogen functional groups attached to an aromatic ring is 1. The quantitative estimate of drug-likeness (QED) is 0.509. The summed E-state index contributed by atoms with van der Waals surface area (Å²) in [5, 5.41) is 9.48. The topological polar surface area (TPSA) is 134 Å². The van der Waals surface area contributed by atoms with Crippen molar-refractivity contribution in [3.63, 3.8) is 0 Å². The number of carbonyl (C=O) groups excluding carboxylic acids is 2. The third-order valence-corrected chi connectivity index (χ3v) is 7.90. The Labute approximate surface area is 223 Å². The third kappa shape index (κ3) is 4.89. The molecule has 3 saturated heterocycles. The molecule has 12 nitrogen and oxygen atoms in total. The molecule has 4 aliphatic rings. The number of pyridine rings is 1. The summed E-state index contributed by atoms with van der Waals surface area (Å²) < 4.78 is 35.1. The van der Waals surface area contributed by atoms with Crippen LogP contribution in [0.1, 0.15) is 23.2 Å². The maximum atomic E-state index is 15.1. The van der Waals surface area contributed by atoms with Crippen molar-refractivity contribution in [2.45, 2.75) is 18.9 Å². The van der Waals surface area contributed by atoms with Crippen LogP contribution in [0.15, 0.2) is 18.2 Å². The molecule has 0 aromatic carbocycles. The lowest BCUT2D eigenvalue weighted by Gasteiger charge is -2.43. The number of halogens is 2. The fourth-order valence-electron chi connectivity index (χ4n) is 5.66. The van der Waals surface area contributed by atoms with E-state index in [1.807, 2.05) is 9.80 Å². The molecule has 2 aromatic heterocycles. The Morgan fingerprint density at radius 3 is 2.51 bits per heavy atom. The second kappa shape index (κ2) is 10.4. The molecule has 0 aliphatic carbocycles. The first-order valence-electron chi connectivity index (χ1n) is 13.2. The first kappa shape index (κ1) is 25.5. The highest BCUT2D eigenvalue weighted by molar-refractivity contribution is 6.12.